The first-order valence-electron chi connectivity index (χ1n) is 5.90. The smallest absolute Gasteiger partial charge is 0.166 e. The molecule has 5 nitrogen and oxygen atoms in total. The largest absolute Gasteiger partial charge is 0.508 e. The summed E-state index contributed by atoms with van der Waals surface area (Å²) in [5.41, 5.74) is 0. The minimum atomic E-state index is -0.368. The zero-order chi connectivity index (χ0) is 14.4. The third-order valence-electron chi connectivity index (χ3n) is 3.33. The Kier molecular flexibility index (Phi) is 2.50. The minimum absolute atomic E-state index is 0.0421. The lowest BCUT2D eigenvalue weighted by molar-refractivity contribution is 0.405. The molecule has 0 amide bonds. The fraction of sp³-hybridized carbons (Fsp3) is 0.0667. The molecule has 0 saturated heterocycles. The monoisotopic (exact) mass is 272 g/mol. The Bertz CT molecular complexity index is 839. The molecule has 3 aromatic rings. The van der Waals surface area contributed by atoms with Crippen molar-refractivity contribution in [2.24, 2.45) is 0 Å². The van der Waals surface area contributed by atoms with Gasteiger partial charge in [-0.05, 0) is 29.7 Å². The average Bonchev–Trinajstić information content (AvgIpc) is 2.44. The fourth-order valence-electron chi connectivity index (χ4n) is 2.39. The summed E-state index contributed by atoms with van der Waals surface area (Å²) in [5, 5.41) is 41.2. The molecule has 0 unspecified atom stereocenters. The van der Waals surface area contributed by atoms with Crippen molar-refractivity contribution in [1.29, 1.82) is 0 Å². The van der Waals surface area contributed by atoms with Crippen LogP contribution in [0.2, 0.25) is 0 Å². The third kappa shape index (κ3) is 1.56. The summed E-state index contributed by atoms with van der Waals surface area (Å²) < 4.78 is 5.04. The van der Waals surface area contributed by atoms with Gasteiger partial charge >= 0.3 is 0 Å². The van der Waals surface area contributed by atoms with Crippen LogP contribution in [-0.2, 0) is 0 Å². The maximum Gasteiger partial charge on any atom is 0.166 e. The molecule has 0 saturated carbocycles. The predicted molar refractivity (Wildman–Crippen MR) is 74.7 cm³/mol. The van der Waals surface area contributed by atoms with Gasteiger partial charge in [-0.1, -0.05) is 0 Å². The first-order valence-corrected chi connectivity index (χ1v) is 5.90. The van der Waals surface area contributed by atoms with Gasteiger partial charge in [0.25, 0.3) is 0 Å². The Morgan fingerprint density at radius 2 is 1.50 bits per heavy atom. The molecule has 20 heavy (non-hydrogen) atoms. The van der Waals surface area contributed by atoms with Crippen molar-refractivity contribution >= 4 is 21.5 Å². The second-order valence-corrected chi connectivity index (χ2v) is 4.50. The van der Waals surface area contributed by atoms with E-state index >= 15 is 0 Å². The van der Waals surface area contributed by atoms with Crippen molar-refractivity contribution in [3.8, 4) is 28.7 Å². The maximum absolute atomic E-state index is 10.1. The quantitative estimate of drug-likeness (QED) is 0.404. The van der Waals surface area contributed by atoms with Crippen LogP contribution < -0.4 is 4.74 Å². The Balaban J connectivity index is 2.60. The van der Waals surface area contributed by atoms with Gasteiger partial charge in [0.2, 0.25) is 0 Å². The molecule has 0 aliphatic carbocycles. The summed E-state index contributed by atoms with van der Waals surface area (Å²) in [6, 6.07) is 7.29. The van der Waals surface area contributed by atoms with Crippen LogP contribution >= 0.6 is 0 Å². The lowest BCUT2D eigenvalue weighted by Crippen LogP contribution is -1.86. The van der Waals surface area contributed by atoms with Gasteiger partial charge in [-0.15, -0.1) is 0 Å². The summed E-state index contributed by atoms with van der Waals surface area (Å²) in [6.07, 6.45) is 0. The van der Waals surface area contributed by atoms with Crippen molar-refractivity contribution in [1.82, 2.24) is 0 Å². The molecule has 0 aliphatic heterocycles. The van der Waals surface area contributed by atoms with Crippen molar-refractivity contribution < 1.29 is 25.2 Å². The zero-order valence-corrected chi connectivity index (χ0v) is 10.6. The van der Waals surface area contributed by atoms with Gasteiger partial charge in [0.15, 0.2) is 11.5 Å². The van der Waals surface area contributed by atoms with Crippen LogP contribution in [0.25, 0.3) is 21.5 Å². The second-order valence-electron chi connectivity index (χ2n) is 4.50. The lowest BCUT2D eigenvalue weighted by atomic mass is 9.98. The average molecular weight is 272 g/mol. The van der Waals surface area contributed by atoms with E-state index < -0.39 is 0 Å². The topological polar surface area (TPSA) is 90.2 Å². The number of hydrogen-bond acceptors (Lipinski definition) is 5. The van der Waals surface area contributed by atoms with Crippen LogP contribution in [0.15, 0.2) is 30.3 Å². The van der Waals surface area contributed by atoms with Crippen molar-refractivity contribution in [3.05, 3.63) is 30.3 Å². The Morgan fingerprint density at radius 1 is 0.800 bits per heavy atom. The number of benzene rings is 3. The molecule has 4 N–H and O–H groups in total. The highest BCUT2D eigenvalue weighted by molar-refractivity contribution is 6.16. The number of aromatic hydroxyl groups is 4. The number of rotatable bonds is 1. The van der Waals surface area contributed by atoms with E-state index in [1.807, 2.05) is 0 Å². The predicted octanol–water partition coefficient (Wildman–Crippen LogP) is 2.82. The minimum Gasteiger partial charge on any atom is -0.508 e. The Labute approximate surface area is 113 Å². The van der Waals surface area contributed by atoms with Crippen LogP contribution in [-0.4, -0.2) is 27.5 Å². The molecular formula is C15H12O5. The molecule has 3 aromatic carbocycles. The Morgan fingerprint density at radius 3 is 2.20 bits per heavy atom. The maximum atomic E-state index is 10.1. The molecular weight excluding hydrogens is 260 g/mol. The van der Waals surface area contributed by atoms with Crippen LogP contribution in [0.5, 0.6) is 28.7 Å². The molecule has 0 heterocycles. The van der Waals surface area contributed by atoms with E-state index in [-0.39, 0.29) is 33.8 Å². The highest BCUT2D eigenvalue weighted by Gasteiger charge is 2.17. The van der Waals surface area contributed by atoms with Gasteiger partial charge in [-0.3, -0.25) is 0 Å². The number of phenols is 4. The molecule has 0 spiro atoms. The van der Waals surface area contributed by atoms with Gasteiger partial charge < -0.3 is 25.2 Å². The summed E-state index contributed by atoms with van der Waals surface area (Å²) in [6.45, 7) is 0. The van der Waals surface area contributed by atoms with Crippen molar-refractivity contribution in [2.75, 3.05) is 7.11 Å². The SMILES string of the molecule is COc1cc(O)c2c(c1)c(O)c(O)c1cc(O)ccc12. The lowest BCUT2D eigenvalue weighted by Gasteiger charge is -2.12. The standard InChI is InChI=1S/C15H12O5/c1-20-8-5-11-13(12(17)6-8)9-3-2-7(16)4-10(9)14(18)15(11)19/h2-6,16-19H,1H3. The number of hydrogen-bond donors (Lipinski definition) is 4. The molecule has 3 rings (SSSR count). The van der Waals surface area contributed by atoms with Gasteiger partial charge in [-0.2, -0.15) is 0 Å². The van der Waals surface area contributed by atoms with E-state index in [4.69, 9.17) is 4.74 Å². The van der Waals surface area contributed by atoms with Crippen LogP contribution in [0.1, 0.15) is 0 Å². The molecule has 0 radical (unpaired) electrons. The highest BCUT2D eigenvalue weighted by Crippen LogP contribution is 2.47. The zero-order valence-electron chi connectivity index (χ0n) is 10.6. The fourth-order valence-corrected chi connectivity index (χ4v) is 2.39. The van der Waals surface area contributed by atoms with E-state index in [0.717, 1.165) is 0 Å². The second kappa shape index (κ2) is 4.09. The molecule has 5 heteroatoms. The van der Waals surface area contributed by atoms with E-state index in [9.17, 15) is 20.4 Å². The normalized spacial score (nSPS) is 11.1. The molecule has 0 bridgehead atoms. The van der Waals surface area contributed by atoms with Crippen LogP contribution in [0.3, 0.4) is 0 Å². The number of fused-ring (bicyclic) bond motifs is 3. The number of methoxy groups -OCH3 is 1. The molecule has 102 valence electrons. The first kappa shape index (κ1) is 12.2. The van der Waals surface area contributed by atoms with E-state index in [1.54, 1.807) is 6.07 Å². The molecule has 0 aliphatic rings. The van der Waals surface area contributed by atoms with E-state index in [1.165, 1.54) is 31.4 Å². The van der Waals surface area contributed by atoms with Gasteiger partial charge in [0.1, 0.15) is 17.2 Å². The van der Waals surface area contributed by atoms with E-state index in [0.29, 0.717) is 16.5 Å². The number of ether oxygens (including phenoxy) is 1. The third-order valence-corrected chi connectivity index (χ3v) is 3.33. The molecule has 0 aromatic heterocycles. The Hall–Kier alpha value is -2.82. The van der Waals surface area contributed by atoms with Crippen LogP contribution in [0.4, 0.5) is 0 Å². The van der Waals surface area contributed by atoms with Crippen LogP contribution in [0, 0.1) is 0 Å². The molecule has 0 atom stereocenters. The van der Waals surface area contributed by atoms with Crippen molar-refractivity contribution in [2.45, 2.75) is 0 Å². The highest BCUT2D eigenvalue weighted by atomic mass is 16.5. The summed E-state index contributed by atoms with van der Waals surface area (Å²) in [5.74, 6) is -0.476. The summed E-state index contributed by atoms with van der Waals surface area (Å²) >= 11 is 0. The van der Waals surface area contributed by atoms with Crippen molar-refractivity contribution in [3.63, 3.8) is 0 Å². The number of phenolic OH excluding ortho intramolecular Hbond substituents is 4. The molecule has 0 fully saturated rings. The van der Waals surface area contributed by atoms with Gasteiger partial charge in [0, 0.05) is 22.2 Å². The summed E-state index contributed by atoms with van der Waals surface area (Å²) in [7, 11) is 1.44. The summed E-state index contributed by atoms with van der Waals surface area (Å²) in [4.78, 5) is 0. The van der Waals surface area contributed by atoms with E-state index in [2.05, 4.69) is 0 Å². The van der Waals surface area contributed by atoms with Gasteiger partial charge in [-0.25, -0.2) is 0 Å². The first-order chi connectivity index (χ1) is 9.52. The van der Waals surface area contributed by atoms with Gasteiger partial charge in [0.05, 0.1) is 7.11 Å².